The summed E-state index contributed by atoms with van der Waals surface area (Å²) in [4.78, 5) is 15.2. The number of alkyl halides is 2. The largest absolute Gasteiger partial charge is 0.383 e. The lowest BCUT2D eigenvalue weighted by Crippen LogP contribution is -2.32. The SMILES string of the molecule is C=CC1(CCl)CC(F)C(n2ccc(N)nc2=O)O1. The number of halogens is 2. The molecule has 5 nitrogen and oxygen atoms in total. The lowest BCUT2D eigenvalue weighted by atomic mass is 10.0. The highest BCUT2D eigenvalue weighted by atomic mass is 35.5. The first kappa shape index (κ1) is 13.0. The smallest absolute Gasteiger partial charge is 0.351 e. The van der Waals surface area contributed by atoms with Gasteiger partial charge in [-0.05, 0) is 6.07 Å². The van der Waals surface area contributed by atoms with Crippen molar-refractivity contribution in [3.05, 3.63) is 35.4 Å². The molecule has 3 unspecified atom stereocenters. The third-order valence-electron chi connectivity index (χ3n) is 2.93. The first-order chi connectivity index (χ1) is 8.51. The Hall–Kier alpha value is -1.40. The Labute approximate surface area is 108 Å². The highest BCUT2D eigenvalue weighted by molar-refractivity contribution is 6.18. The minimum Gasteiger partial charge on any atom is -0.383 e. The summed E-state index contributed by atoms with van der Waals surface area (Å²) in [6.07, 6.45) is 0.464. The van der Waals surface area contributed by atoms with Crippen molar-refractivity contribution < 1.29 is 9.13 Å². The molecular weight excluding hydrogens is 261 g/mol. The fourth-order valence-electron chi connectivity index (χ4n) is 1.92. The van der Waals surface area contributed by atoms with Gasteiger partial charge in [-0.15, -0.1) is 18.2 Å². The molecule has 2 rings (SSSR count). The van der Waals surface area contributed by atoms with Crippen molar-refractivity contribution in [2.75, 3.05) is 11.6 Å². The van der Waals surface area contributed by atoms with E-state index in [1.54, 1.807) is 0 Å². The van der Waals surface area contributed by atoms with Crippen LogP contribution < -0.4 is 11.4 Å². The van der Waals surface area contributed by atoms with Crippen LogP contribution in [0.3, 0.4) is 0 Å². The molecule has 0 spiro atoms. The molecule has 1 saturated heterocycles. The maximum absolute atomic E-state index is 14.0. The van der Waals surface area contributed by atoms with Crippen LogP contribution in [0.2, 0.25) is 0 Å². The second-order valence-electron chi connectivity index (χ2n) is 4.17. The predicted molar refractivity (Wildman–Crippen MR) is 66.2 cm³/mol. The topological polar surface area (TPSA) is 70.1 Å². The van der Waals surface area contributed by atoms with E-state index < -0.39 is 23.7 Å². The van der Waals surface area contributed by atoms with E-state index in [-0.39, 0.29) is 18.1 Å². The fraction of sp³-hybridized carbons (Fsp3) is 0.455. The van der Waals surface area contributed by atoms with Gasteiger partial charge in [0.15, 0.2) is 6.23 Å². The highest BCUT2D eigenvalue weighted by Crippen LogP contribution is 2.39. The monoisotopic (exact) mass is 273 g/mol. The van der Waals surface area contributed by atoms with Crippen LogP contribution in [0, 0.1) is 0 Å². The van der Waals surface area contributed by atoms with Gasteiger partial charge >= 0.3 is 5.69 Å². The number of ether oxygens (including phenoxy) is 1. The molecule has 1 aromatic rings. The van der Waals surface area contributed by atoms with Gasteiger partial charge in [0.2, 0.25) is 0 Å². The van der Waals surface area contributed by atoms with E-state index in [1.807, 2.05) is 0 Å². The van der Waals surface area contributed by atoms with Gasteiger partial charge in [0.25, 0.3) is 0 Å². The Bertz CT molecular complexity index is 521. The van der Waals surface area contributed by atoms with Gasteiger partial charge in [0.1, 0.15) is 17.6 Å². The average molecular weight is 274 g/mol. The van der Waals surface area contributed by atoms with E-state index in [2.05, 4.69) is 11.6 Å². The average Bonchev–Trinajstić information content (AvgIpc) is 2.67. The lowest BCUT2D eigenvalue weighted by molar-refractivity contribution is -0.0474. The normalized spacial score (nSPS) is 31.4. The van der Waals surface area contributed by atoms with Gasteiger partial charge in [-0.2, -0.15) is 4.98 Å². The molecule has 1 aromatic heterocycles. The van der Waals surface area contributed by atoms with Gasteiger partial charge in [-0.3, -0.25) is 4.57 Å². The number of hydrogen-bond acceptors (Lipinski definition) is 4. The van der Waals surface area contributed by atoms with Crippen LogP contribution in [-0.2, 0) is 4.74 Å². The van der Waals surface area contributed by atoms with E-state index in [0.717, 1.165) is 4.57 Å². The summed E-state index contributed by atoms with van der Waals surface area (Å²) in [6.45, 7) is 3.59. The van der Waals surface area contributed by atoms with Crippen molar-refractivity contribution in [2.45, 2.75) is 24.4 Å². The van der Waals surface area contributed by atoms with E-state index >= 15 is 0 Å². The lowest BCUT2D eigenvalue weighted by Gasteiger charge is -2.22. The molecule has 7 heteroatoms. The van der Waals surface area contributed by atoms with Crippen LogP contribution in [0.25, 0.3) is 0 Å². The van der Waals surface area contributed by atoms with Crippen LogP contribution >= 0.6 is 11.6 Å². The maximum Gasteiger partial charge on any atom is 0.351 e. The van der Waals surface area contributed by atoms with Crippen molar-refractivity contribution in [1.82, 2.24) is 9.55 Å². The minimum atomic E-state index is -1.36. The molecule has 3 atom stereocenters. The fourth-order valence-corrected chi connectivity index (χ4v) is 2.20. The van der Waals surface area contributed by atoms with Gasteiger partial charge in [0.05, 0.1) is 5.88 Å². The molecule has 0 amide bonds. The van der Waals surface area contributed by atoms with Crippen molar-refractivity contribution in [1.29, 1.82) is 0 Å². The molecule has 0 radical (unpaired) electrons. The molecule has 2 N–H and O–H groups in total. The van der Waals surface area contributed by atoms with Crippen LogP contribution in [0.15, 0.2) is 29.7 Å². The zero-order valence-corrected chi connectivity index (χ0v) is 10.3. The number of nitrogens with two attached hydrogens (primary N) is 1. The molecule has 18 heavy (non-hydrogen) atoms. The van der Waals surface area contributed by atoms with Crippen molar-refractivity contribution in [3.8, 4) is 0 Å². The standard InChI is InChI=1S/C11H13ClFN3O2/c1-2-11(6-12)5-7(13)9(18-11)16-4-3-8(14)15-10(16)17/h2-4,7,9H,1,5-6H2,(H2,14,15,17). The number of aromatic nitrogens is 2. The Morgan fingerprint density at radius 1 is 1.83 bits per heavy atom. The number of anilines is 1. The first-order valence-electron chi connectivity index (χ1n) is 5.37. The number of nitrogens with zero attached hydrogens (tertiary/aromatic N) is 2. The van der Waals surface area contributed by atoms with E-state index in [9.17, 15) is 9.18 Å². The molecule has 0 aliphatic carbocycles. The molecule has 2 heterocycles. The summed E-state index contributed by atoms with van der Waals surface area (Å²) in [5, 5.41) is 0. The molecule has 1 aliphatic heterocycles. The van der Waals surface area contributed by atoms with E-state index in [4.69, 9.17) is 22.1 Å². The summed E-state index contributed by atoms with van der Waals surface area (Å²) in [7, 11) is 0. The zero-order valence-electron chi connectivity index (χ0n) is 9.55. The Morgan fingerprint density at radius 3 is 3.06 bits per heavy atom. The third kappa shape index (κ3) is 2.13. The minimum absolute atomic E-state index is 0.0570. The molecule has 98 valence electrons. The third-order valence-corrected chi connectivity index (χ3v) is 3.38. The first-order valence-corrected chi connectivity index (χ1v) is 5.91. The van der Waals surface area contributed by atoms with Crippen molar-refractivity contribution in [2.24, 2.45) is 0 Å². The van der Waals surface area contributed by atoms with Crippen molar-refractivity contribution in [3.63, 3.8) is 0 Å². The summed E-state index contributed by atoms with van der Waals surface area (Å²) in [5.41, 5.74) is 3.76. The van der Waals surface area contributed by atoms with Crippen LogP contribution in [-0.4, -0.2) is 27.2 Å². The van der Waals surface area contributed by atoms with Crippen LogP contribution in [0.5, 0.6) is 0 Å². The van der Waals surface area contributed by atoms with Gasteiger partial charge in [0, 0.05) is 12.6 Å². The van der Waals surface area contributed by atoms with Crippen LogP contribution in [0.4, 0.5) is 10.2 Å². The van der Waals surface area contributed by atoms with E-state index in [0.29, 0.717) is 0 Å². The summed E-state index contributed by atoms with van der Waals surface area (Å²) >= 11 is 5.76. The maximum atomic E-state index is 14.0. The molecule has 1 aliphatic rings. The quantitative estimate of drug-likeness (QED) is 0.665. The van der Waals surface area contributed by atoms with Gasteiger partial charge < -0.3 is 10.5 Å². The Kier molecular flexibility index (Phi) is 3.41. The second kappa shape index (κ2) is 4.70. The number of rotatable bonds is 3. The number of nitrogen functional groups attached to an aromatic ring is 1. The van der Waals surface area contributed by atoms with Crippen molar-refractivity contribution >= 4 is 17.4 Å². The summed E-state index contributed by atoms with van der Waals surface area (Å²) in [6, 6.07) is 1.41. The zero-order chi connectivity index (χ0) is 13.3. The highest BCUT2D eigenvalue weighted by Gasteiger charge is 2.45. The predicted octanol–water partition coefficient (Wildman–Crippen LogP) is 1.25. The molecular formula is C11H13ClFN3O2. The summed E-state index contributed by atoms with van der Waals surface area (Å²) in [5.74, 6) is 0.155. The Morgan fingerprint density at radius 2 is 2.56 bits per heavy atom. The van der Waals surface area contributed by atoms with Gasteiger partial charge in [-0.1, -0.05) is 6.08 Å². The molecule has 1 fully saturated rings. The Balaban J connectivity index is 2.35. The molecule has 0 saturated carbocycles. The van der Waals surface area contributed by atoms with Gasteiger partial charge in [-0.25, -0.2) is 9.18 Å². The van der Waals surface area contributed by atoms with E-state index in [1.165, 1.54) is 18.3 Å². The molecule has 0 bridgehead atoms. The van der Waals surface area contributed by atoms with Crippen LogP contribution in [0.1, 0.15) is 12.6 Å². The number of hydrogen-bond donors (Lipinski definition) is 1. The second-order valence-corrected chi connectivity index (χ2v) is 4.44. The summed E-state index contributed by atoms with van der Waals surface area (Å²) < 4.78 is 20.6. The molecule has 0 aromatic carbocycles.